The third-order valence-electron chi connectivity index (χ3n) is 3.92. The summed E-state index contributed by atoms with van der Waals surface area (Å²) in [7, 11) is 0. The molecule has 1 fully saturated rings. The zero-order valence-electron chi connectivity index (χ0n) is 11.9. The van der Waals surface area contributed by atoms with Crippen molar-refractivity contribution in [3.63, 3.8) is 0 Å². The minimum atomic E-state index is 0.798. The van der Waals surface area contributed by atoms with Gasteiger partial charge in [-0.05, 0) is 44.0 Å². The van der Waals surface area contributed by atoms with Crippen LogP contribution in [0.1, 0.15) is 39.0 Å². The predicted molar refractivity (Wildman–Crippen MR) is 84.1 cm³/mol. The molecule has 0 amide bonds. The Hall–Kier alpha value is -0.730. The van der Waals surface area contributed by atoms with Crippen molar-refractivity contribution in [3.05, 3.63) is 29.3 Å². The average Bonchev–Trinajstić information content (AvgIpc) is 2.41. The Morgan fingerprint density at radius 2 is 2.26 bits per heavy atom. The molecule has 1 aromatic rings. The van der Waals surface area contributed by atoms with E-state index in [0.717, 1.165) is 29.8 Å². The average molecular weight is 281 g/mol. The number of halogens is 1. The van der Waals surface area contributed by atoms with E-state index in [0.29, 0.717) is 0 Å². The summed E-state index contributed by atoms with van der Waals surface area (Å²) in [5, 5.41) is 4.27. The van der Waals surface area contributed by atoms with E-state index in [-0.39, 0.29) is 0 Å². The van der Waals surface area contributed by atoms with Crippen LogP contribution in [0.5, 0.6) is 0 Å². The van der Waals surface area contributed by atoms with Crippen LogP contribution in [0.3, 0.4) is 0 Å². The highest BCUT2D eigenvalue weighted by Crippen LogP contribution is 2.20. The summed E-state index contributed by atoms with van der Waals surface area (Å²) in [5.41, 5.74) is 1.12. The van der Waals surface area contributed by atoms with E-state index in [1.807, 2.05) is 18.2 Å². The molecule has 1 heterocycles. The van der Waals surface area contributed by atoms with Crippen molar-refractivity contribution in [3.8, 4) is 0 Å². The zero-order valence-corrected chi connectivity index (χ0v) is 12.6. The van der Waals surface area contributed by atoms with Gasteiger partial charge >= 0.3 is 0 Å². The summed E-state index contributed by atoms with van der Waals surface area (Å²) in [6.45, 7) is 5.69. The van der Waals surface area contributed by atoms with Gasteiger partial charge in [-0.25, -0.2) is 0 Å². The van der Waals surface area contributed by atoms with Gasteiger partial charge in [0, 0.05) is 29.8 Å². The van der Waals surface area contributed by atoms with Crippen LogP contribution in [0.25, 0.3) is 0 Å². The largest absolute Gasteiger partial charge is 0.384 e. The Kier molecular flexibility index (Phi) is 5.99. The number of nitrogens with one attached hydrogen (secondary N) is 1. The summed E-state index contributed by atoms with van der Waals surface area (Å²) < 4.78 is 0. The summed E-state index contributed by atoms with van der Waals surface area (Å²) in [6, 6.07) is 8.77. The van der Waals surface area contributed by atoms with Crippen LogP contribution in [0.2, 0.25) is 5.02 Å². The first-order valence-electron chi connectivity index (χ1n) is 7.53. The molecular weight excluding hydrogens is 256 g/mol. The smallest absolute Gasteiger partial charge is 0.0426 e. The quantitative estimate of drug-likeness (QED) is 0.830. The molecule has 1 unspecified atom stereocenters. The lowest BCUT2D eigenvalue weighted by Gasteiger charge is -2.35. The number of anilines is 1. The molecule has 1 saturated heterocycles. The first kappa shape index (κ1) is 14.7. The van der Waals surface area contributed by atoms with Crippen molar-refractivity contribution >= 4 is 17.3 Å². The van der Waals surface area contributed by atoms with Gasteiger partial charge in [0.1, 0.15) is 0 Å². The molecule has 1 aromatic carbocycles. The van der Waals surface area contributed by atoms with Crippen molar-refractivity contribution in [2.75, 3.05) is 25.0 Å². The molecule has 0 saturated carbocycles. The summed E-state index contributed by atoms with van der Waals surface area (Å²) >= 11 is 5.99. The molecule has 1 atom stereocenters. The number of benzene rings is 1. The van der Waals surface area contributed by atoms with Gasteiger partial charge in [-0.1, -0.05) is 37.4 Å². The number of piperidine rings is 1. The van der Waals surface area contributed by atoms with Gasteiger partial charge in [0.2, 0.25) is 0 Å². The second-order valence-electron chi connectivity index (χ2n) is 5.41. The fraction of sp³-hybridized carbons (Fsp3) is 0.625. The second-order valence-corrected chi connectivity index (χ2v) is 5.85. The Morgan fingerprint density at radius 3 is 3.05 bits per heavy atom. The van der Waals surface area contributed by atoms with Crippen LogP contribution in [-0.2, 0) is 0 Å². The molecule has 0 spiro atoms. The summed E-state index contributed by atoms with van der Waals surface area (Å²) in [6.07, 6.45) is 6.78. The van der Waals surface area contributed by atoms with Gasteiger partial charge in [0.25, 0.3) is 0 Å². The van der Waals surface area contributed by atoms with Crippen molar-refractivity contribution in [2.45, 2.75) is 45.1 Å². The van der Waals surface area contributed by atoms with E-state index in [9.17, 15) is 0 Å². The molecule has 0 radical (unpaired) electrons. The number of nitrogens with zero attached hydrogens (tertiary/aromatic N) is 1. The monoisotopic (exact) mass is 280 g/mol. The highest BCUT2D eigenvalue weighted by Gasteiger charge is 2.20. The normalized spacial score (nSPS) is 20.4. The molecule has 1 aliphatic heterocycles. The first-order valence-corrected chi connectivity index (χ1v) is 7.91. The third-order valence-corrected chi connectivity index (χ3v) is 4.16. The Labute approximate surface area is 122 Å². The fourth-order valence-corrected chi connectivity index (χ4v) is 3.15. The number of likely N-dealkylation sites (tertiary alicyclic amines) is 1. The van der Waals surface area contributed by atoms with E-state index >= 15 is 0 Å². The highest BCUT2D eigenvalue weighted by molar-refractivity contribution is 6.30. The maximum atomic E-state index is 5.99. The van der Waals surface area contributed by atoms with E-state index in [1.54, 1.807) is 0 Å². The molecule has 1 N–H and O–H groups in total. The topological polar surface area (TPSA) is 15.3 Å². The van der Waals surface area contributed by atoms with E-state index in [1.165, 1.54) is 38.6 Å². The molecule has 0 aliphatic carbocycles. The molecular formula is C16H25ClN2. The molecule has 2 rings (SSSR count). The molecule has 0 aromatic heterocycles. The van der Waals surface area contributed by atoms with Crippen LogP contribution >= 0.6 is 11.6 Å². The molecule has 3 heteroatoms. The summed E-state index contributed by atoms with van der Waals surface area (Å²) in [5.74, 6) is 0. The lowest BCUT2D eigenvalue weighted by molar-refractivity contribution is 0.145. The zero-order chi connectivity index (χ0) is 13.5. The molecule has 106 valence electrons. The minimum Gasteiger partial charge on any atom is -0.384 e. The van der Waals surface area contributed by atoms with E-state index in [2.05, 4.69) is 23.2 Å². The van der Waals surface area contributed by atoms with E-state index < -0.39 is 0 Å². The van der Waals surface area contributed by atoms with Gasteiger partial charge in [-0.3, -0.25) is 4.90 Å². The summed E-state index contributed by atoms with van der Waals surface area (Å²) in [4.78, 5) is 2.66. The Morgan fingerprint density at radius 1 is 1.37 bits per heavy atom. The Balaban J connectivity index is 1.77. The lowest BCUT2D eigenvalue weighted by atomic mass is 9.98. The molecule has 19 heavy (non-hydrogen) atoms. The maximum Gasteiger partial charge on any atom is 0.0426 e. The van der Waals surface area contributed by atoms with Gasteiger partial charge in [0.05, 0.1) is 0 Å². The van der Waals surface area contributed by atoms with Crippen LogP contribution in [0, 0.1) is 0 Å². The van der Waals surface area contributed by atoms with Gasteiger partial charge in [-0.15, -0.1) is 0 Å². The first-order chi connectivity index (χ1) is 9.29. The second kappa shape index (κ2) is 7.76. The number of hydrogen-bond acceptors (Lipinski definition) is 2. The van der Waals surface area contributed by atoms with Crippen molar-refractivity contribution in [1.29, 1.82) is 0 Å². The van der Waals surface area contributed by atoms with E-state index in [4.69, 9.17) is 11.6 Å². The molecule has 2 nitrogen and oxygen atoms in total. The minimum absolute atomic E-state index is 0.798. The maximum absolute atomic E-state index is 5.99. The van der Waals surface area contributed by atoms with Gasteiger partial charge in [0.15, 0.2) is 0 Å². The van der Waals surface area contributed by atoms with Crippen molar-refractivity contribution in [2.24, 2.45) is 0 Å². The van der Waals surface area contributed by atoms with Gasteiger partial charge < -0.3 is 5.32 Å². The molecule has 0 bridgehead atoms. The Bertz CT molecular complexity index is 379. The highest BCUT2D eigenvalue weighted by atomic mass is 35.5. The SMILES string of the molecule is CCCC1CCCCN1CCNc1cccc(Cl)c1. The van der Waals surface area contributed by atoms with Crippen molar-refractivity contribution in [1.82, 2.24) is 4.90 Å². The number of hydrogen-bond donors (Lipinski definition) is 1. The van der Waals surface area contributed by atoms with Gasteiger partial charge in [-0.2, -0.15) is 0 Å². The van der Waals surface area contributed by atoms with Crippen LogP contribution in [0.15, 0.2) is 24.3 Å². The predicted octanol–water partition coefficient (Wildman–Crippen LogP) is 4.41. The standard InChI is InChI=1S/C16H25ClN2/c1-2-6-16-9-3-4-11-19(16)12-10-18-15-8-5-7-14(17)13-15/h5,7-8,13,16,18H,2-4,6,9-12H2,1H3. The number of rotatable bonds is 6. The lowest BCUT2D eigenvalue weighted by Crippen LogP contribution is -2.41. The van der Waals surface area contributed by atoms with Crippen LogP contribution in [-0.4, -0.2) is 30.6 Å². The fourth-order valence-electron chi connectivity index (χ4n) is 2.96. The van der Waals surface area contributed by atoms with Crippen LogP contribution < -0.4 is 5.32 Å². The van der Waals surface area contributed by atoms with Crippen LogP contribution in [0.4, 0.5) is 5.69 Å². The third kappa shape index (κ3) is 4.70. The molecule has 1 aliphatic rings. The van der Waals surface area contributed by atoms with Crippen molar-refractivity contribution < 1.29 is 0 Å².